The molecular weight excluding hydrogens is 476 g/mol. The molecule has 2 heterocycles. The maximum Gasteiger partial charge on any atom is 0.317 e. The minimum absolute atomic E-state index is 0.0454. The highest BCUT2D eigenvalue weighted by Crippen LogP contribution is 2.28. The van der Waals surface area contributed by atoms with Gasteiger partial charge in [0.25, 0.3) is 0 Å². The molecule has 0 atom stereocenters. The zero-order chi connectivity index (χ0) is 25.9. The van der Waals surface area contributed by atoms with E-state index in [0.717, 1.165) is 30.1 Å². The summed E-state index contributed by atoms with van der Waals surface area (Å²) in [5.41, 5.74) is 2.24. The van der Waals surface area contributed by atoms with Crippen LogP contribution < -0.4 is 14.8 Å². The van der Waals surface area contributed by atoms with Crippen LogP contribution in [0, 0.1) is 6.92 Å². The van der Waals surface area contributed by atoms with Gasteiger partial charge in [0.1, 0.15) is 6.54 Å². The van der Waals surface area contributed by atoms with Crippen LogP contribution in [0.15, 0.2) is 29.6 Å². The minimum Gasteiger partial charge on any atom is -0.493 e. The smallest absolute Gasteiger partial charge is 0.317 e. The van der Waals surface area contributed by atoms with Crippen LogP contribution in [0.3, 0.4) is 0 Å². The summed E-state index contributed by atoms with van der Waals surface area (Å²) >= 11 is 1.66. The molecule has 36 heavy (non-hydrogen) atoms. The first kappa shape index (κ1) is 27.8. The monoisotopic (exact) mass is 516 g/mol. The highest BCUT2D eigenvalue weighted by Gasteiger charge is 2.23. The molecule has 1 N–H and O–H groups in total. The Morgan fingerprint density at radius 3 is 2.44 bits per heavy atom. The molecule has 1 saturated heterocycles. The molecule has 0 unspecified atom stereocenters. The molecule has 1 aliphatic rings. The van der Waals surface area contributed by atoms with Crippen molar-refractivity contribution in [2.45, 2.75) is 39.7 Å². The molecule has 8 nitrogen and oxygen atoms in total. The van der Waals surface area contributed by atoms with Crippen molar-refractivity contribution in [2.24, 2.45) is 0 Å². The number of methoxy groups -OCH3 is 2. The summed E-state index contributed by atoms with van der Waals surface area (Å²) in [6.07, 6.45) is 3.07. The molecule has 3 rings (SSSR count). The molecule has 0 saturated carbocycles. The predicted molar refractivity (Wildman–Crippen MR) is 144 cm³/mol. The third kappa shape index (κ3) is 7.86. The van der Waals surface area contributed by atoms with Crippen molar-refractivity contribution in [1.82, 2.24) is 20.0 Å². The number of ether oxygens (including phenoxy) is 2. The molecule has 0 aliphatic carbocycles. The van der Waals surface area contributed by atoms with Gasteiger partial charge in [-0.15, -0.1) is 11.3 Å². The number of amides is 3. The van der Waals surface area contributed by atoms with Crippen LogP contribution in [0.4, 0.5) is 4.79 Å². The van der Waals surface area contributed by atoms with Crippen molar-refractivity contribution in [1.29, 1.82) is 0 Å². The fourth-order valence-electron chi connectivity index (χ4n) is 4.38. The summed E-state index contributed by atoms with van der Waals surface area (Å²) in [6, 6.07) is 7.73. The third-order valence-corrected chi connectivity index (χ3v) is 7.61. The number of thiophene rings is 1. The number of hydrogen-bond acceptors (Lipinski definition) is 6. The summed E-state index contributed by atoms with van der Waals surface area (Å²) < 4.78 is 10.8. The van der Waals surface area contributed by atoms with Gasteiger partial charge in [-0.05, 0) is 80.9 Å². The number of aryl methyl sites for hydroxylation is 1. The Bertz CT molecular complexity index is 990. The zero-order valence-corrected chi connectivity index (χ0v) is 22.9. The Kier molecular flexibility index (Phi) is 10.9. The number of urea groups is 1. The summed E-state index contributed by atoms with van der Waals surface area (Å²) in [5, 5.41) is 4.93. The molecule has 0 radical (unpaired) electrons. The molecule has 2 aromatic rings. The number of hydrogen-bond donors (Lipinski definition) is 1. The van der Waals surface area contributed by atoms with E-state index in [-0.39, 0.29) is 18.5 Å². The highest BCUT2D eigenvalue weighted by atomic mass is 32.1. The number of benzene rings is 1. The first-order valence-electron chi connectivity index (χ1n) is 12.7. The average Bonchev–Trinajstić information content (AvgIpc) is 3.55. The van der Waals surface area contributed by atoms with Crippen LogP contribution in [0.2, 0.25) is 0 Å². The van der Waals surface area contributed by atoms with Crippen LogP contribution in [0.5, 0.6) is 11.5 Å². The standard InChI is InChI=1S/C27H40N4O4S/c1-5-28-27(33)31(16-15-29-12-6-7-13-29)20-26(32)30(19-25-21(2)11-17-36-25)14-10-22-8-9-23(34-3)24(18-22)35-4/h8-9,11,17-18H,5-7,10,12-16,19-20H2,1-4H3,(H,28,33). The van der Waals surface area contributed by atoms with Crippen LogP contribution >= 0.6 is 11.3 Å². The largest absolute Gasteiger partial charge is 0.493 e. The second-order valence-electron chi connectivity index (χ2n) is 9.09. The van der Waals surface area contributed by atoms with Crippen LogP contribution in [0.25, 0.3) is 0 Å². The van der Waals surface area contributed by atoms with Gasteiger partial charge in [-0.25, -0.2) is 4.79 Å². The minimum atomic E-state index is -0.183. The quantitative estimate of drug-likeness (QED) is 0.439. The lowest BCUT2D eigenvalue weighted by Crippen LogP contribution is -2.49. The Balaban J connectivity index is 1.72. The van der Waals surface area contributed by atoms with E-state index in [9.17, 15) is 9.59 Å². The Hall–Kier alpha value is -2.78. The first-order valence-corrected chi connectivity index (χ1v) is 13.6. The molecule has 9 heteroatoms. The van der Waals surface area contributed by atoms with Crippen molar-refractivity contribution in [3.63, 3.8) is 0 Å². The van der Waals surface area contributed by atoms with E-state index < -0.39 is 0 Å². The fraction of sp³-hybridized carbons (Fsp3) is 0.556. The van der Waals surface area contributed by atoms with Gasteiger partial charge in [0.15, 0.2) is 11.5 Å². The van der Waals surface area contributed by atoms with Gasteiger partial charge >= 0.3 is 6.03 Å². The summed E-state index contributed by atoms with van der Waals surface area (Å²) in [6.45, 7) is 9.09. The molecule has 0 bridgehead atoms. The number of likely N-dealkylation sites (tertiary alicyclic amines) is 1. The van der Waals surface area contributed by atoms with Crippen LogP contribution in [-0.2, 0) is 17.8 Å². The highest BCUT2D eigenvalue weighted by molar-refractivity contribution is 7.10. The van der Waals surface area contributed by atoms with Gasteiger partial charge in [-0.3, -0.25) is 4.79 Å². The SMILES string of the molecule is CCNC(=O)N(CCN1CCCC1)CC(=O)N(CCc1ccc(OC)c(OC)c1)Cc1sccc1C. The normalized spacial score (nSPS) is 13.4. The topological polar surface area (TPSA) is 74.4 Å². The second kappa shape index (κ2) is 14.1. The van der Waals surface area contributed by atoms with Crippen molar-refractivity contribution in [2.75, 3.05) is 60.0 Å². The van der Waals surface area contributed by atoms with Gasteiger partial charge < -0.3 is 29.5 Å². The van der Waals surface area contributed by atoms with Crippen LogP contribution in [0.1, 0.15) is 35.8 Å². The number of nitrogens with one attached hydrogen (secondary N) is 1. The van der Waals surface area contributed by atoms with Gasteiger partial charge in [-0.2, -0.15) is 0 Å². The van der Waals surface area contributed by atoms with E-state index >= 15 is 0 Å². The molecule has 198 valence electrons. The molecule has 1 aromatic carbocycles. The van der Waals surface area contributed by atoms with E-state index in [1.54, 1.807) is 30.5 Å². The van der Waals surface area contributed by atoms with E-state index in [4.69, 9.17) is 9.47 Å². The van der Waals surface area contributed by atoms with Gasteiger partial charge in [0, 0.05) is 31.1 Å². The number of nitrogens with zero attached hydrogens (tertiary/aromatic N) is 3. The van der Waals surface area contributed by atoms with Gasteiger partial charge in [0.2, 0.25) is 5.91 Å². The molecule has 1 aromatic heterocycles. The number of rotatable bonds is 13. The maximum absolute atomic E-state index is 13.6. The fourth-order valence-corrected chi connectivity index (χ4v) is 5.30. The number of carbonyl (C=O) groups excluding carboxylic acids is 2. The van der Waals surface area contributed by atoms with E-state index in [0.29, 0.717) is 44.1 Å². The Labute approximate surface area is 219 Å². The molecule has 1 fully saturated rings. The van der Waals surface area contributed by atoms with Crippen LogP contribution in [-0.4, -0.2) is 86.7 Å². The van der Waals surface area contributed by atoms with Crippen molar-refractivity contribution >= 4 is 23.3 Å². The third-order valence-electron chi connectivity index (χ3n) is 6.60. The van der Waals surface area contributed by atoms with Crippen molar-refractivity contribution in [3.05, 3.63) is 45.6 Å². The van der Waals surface area contributed by atoms with Gasteiger partial charge in [-0.1, -0.05) is 6.07 Å². The van der Waals surface area contributed by atoms with Crippen molar-refractivity contribution < 1.29 is 19.1 Å². The van der Waals surface area contributed by atoms with E-state index in [2.05, 4.69) is 28.6 Å². The Morgan fingerprint density at radius 2 is 1.81 bits per heavy atom. The van der Waals surface area contributed by atoms with E-state index in [1.807, 2.05) is 30.0 Å². The lowest BCUT2D eigenvalue weighted by atomic mass is 10.1. The predicted octanol–water partition coefficient (Wildman–Crippen LogP) is 3.77. The number of carbonyl (C=O) groups is 2. The summed E-state index contributed by atoms with van der Waals surface area (Å²) in [4.78, 5) is 33.4. The Morgan fingerprint density at radius 1 is 1.06 bits per heavy atom. The first-order chi connectivity index (χ1) is 17.4. The summed E-state index contributed by atoms with van der Waals surface area (Å²) in [7, 11) is 3.24. The zero-order valence-electron chi connectivity index (χ0n) is 22.0. The maximum atomic E-state index is 13.6. The molecule has 3 amide bonds. The molecule has 1 aliphatic heterocycles. The van der Waals surface area contributed by atoms with Gasteiger partial charge in [0.05, 0.1) is 20.8 Å². The second-order valence-corrected chi connectivity index (χ2v) is 10.1. The lowest BCUT2D eigenvalue weighted by Gasteiger charge is -2.29. The molecule has 0 spiro atoms. The van der Waals surface area contributed by atoms with E-state index in [1.165, 1.54) is 18.4 Å². The summed E-state index contributed by atoms with van der Waals surface area (Å²) in [5.74, 6) is 1.31. The van der Waals surface area contributed by atoms with Crippen molar-refractivity contribution in [3.8, 4) is 11.5 Å². The average molecular weight is 517 g/mol. The lowest BCUT2D eigenvalue weighted by molar-refractivity contribution is -0.132. The molecular formula is C27H40N4O4S.